The van der Waals surface area contributed by atoms with Crippen molar-refractivity contribution in [1.82, 2.24) is 0 Å². The summed E-state index contributed by atoms with van der Waals surface area (Å²) in [5.41, 5.74) is 0.267. The van der Waals surface area contributed by atoms with E-state index in [4.69, 9.17) is 0 Å². The molecule has 0 aromatic heterocycles. The molecule has 0 radical (unpaired) electrons. The van der Waals surface area contributed by atoms with E-state index in [0.29, 0.717) is 49.7 Å². The van der Waals surface area contributed by atoms with Crippen LogP contribution < -0.4 is 0 Å². The molecule has 9 nitrogen and oxygen atoms in total. The van der Waals surface area contributed by atoms with E-state index in [1.165, 1.54) is 115 Å². The van der Waals surface area contributed by atoms with E-state index < -0.39 is 40.8 Å². The van der Waals surface area contributed by atoms with Crippen molar-refractivity contribution in [1.29, 1.82) is 0 Å². The molecule has 2 aromatic carbocycles. The lowest BCUT2D eigenvalue weighted by atomic mass is 9.77. The maximum absolute atomic E-state index is 15.8. The predicted molar refractivity (Wildman–Crippen MR) is 288 cm³/mol. The molecule has 70 heavy (non-hydrogen) atoms. The molecule has 0 heterocycles. The van der Waals surface area contributed by atoms with E-state index in [2.05, 4.69) is 27.7 Å². The summed E-state index contributed by atoms with van der Waals surface area (Å²) in [4.78, 5) is 68.7. The van der Waals surface area contributed by atoms with Gasteiger partial charge in [0.15, 0.2) is 5.78 Å². The molecule has 0 saturated heterocycles. The maximum atomic E-state index is 15.8. The van der Waals surface area contributed by atoms with Crippen LogP contribution in [0.1, 0.15) is 338 Å². The Morgan fingerprint density at radius 1 is 0.271 bits per heavy atom. The summed E-state index contributed by atoms with van der Waals surface area (Å²) in [5.74, 6) is -6.06. The Labute approximate surface area is 424 Å². The molecule has 0 aliphatic rings. The molecule has 2 aromatic rings. The largest absolute Gasteiger partial charge is 0.478 e. The Bertz CT molecular complexity index is 1830. The Kier molecular flexibility index (Phi) is 34.3. The average Bonchev–Trinajstić information content (AvgIpc) is 3.33. The van der Waals surface area contributed by atoms with Crippen molar-refractivity contribution in [2.45, 2.75) is 285 Å². The molecular formula is C61H98O9. The van der Waals surface area contributed by atoms with Crippen LogP contribution in [0.4, 0.5) is 0 Å². The highest BCUT2D eigenvalue weighted by molar-refractivity contribution is 6.17. The monoisotopic (exact) mass is 975 g/mol. The lowest BCUT2D eigenvalue weighted by Gasteiger charge is -2.25. The number of hydrogen-bond acceptors (Lipinski definition) is 5. The number of ketones is 1. The van der Waals surface area contributed by atoms with Crippen LogP contribution in [0, 0.1) is 0 Å². The molecule has 4 N–H and O–H groups in total. The van der Waals surface area contributed by atoms with E-state index in [-0.39, 0.29) is 46.2 Å². The molecule has 2 rings (SSSR count). The van der Waals surface area contributed by atoms with Crippen LogP contribution in [0.15, 0.2) is 12.1 Å². The number of carboxylic acids is 4. The maximum Gasteiger partial charge on any atom is 0.336 e. The molecule has 0 fully saturated rings. The normalized spacial score (nSPS) is 11.4. The molecular weight excluding hydrogens is 877 g/mol. The van der Waals surface area contributed by atoms with Crippen molar-refractivity contribution in [3.8, 4) is 0 Å². The van der Waals surface area contributed by atoms with Crippen molar-refractivity contribution < 1.29 is 44.4 Å². The minimum atomic E-state index is -1.43. The Morgan fingerprint density at radius 3 is 0.814 bits per heavy atom. The van der Waals surface area contributed by atoms with Gasteiger partial charge in [0.05, 0.1) is 22.3 Å². The van der Waals surface area contributed by atoms with Crippen molar-refractivity contribution in [2.75, 3.05) is 0 Å². The number of carbonyl (C=O) groups excluding carboxylic acids is 1. The van der Waals surface area contributed by atoms with Crippen LogP contribution >= 0.6 is 0 Å². The second kappa shape index (κ2) is 38.6. The smallest absolute Gasteiger partial charge is 0.336 e. The fraction of sp³-hybridized carbons (Fsp3) is 0.721. The van der Waals surface area contributed by atoms with Crippen molar-refractivity contribution >= 4 is 29.7 Å². The number of benzene rings is 2. The van der Waals surface area contributed by atoms with E-state index in [1.54, 1.807) is 0 Å². The molecule has 0 aliphatic carbocycles. The van der Waals surface area contributed by atoms with Crippen LogP contribution in [0.3, 0.4) is 0 Å². The van der Waals surface area contributed by atoms with Crippen LogP contribution in [-0.2, 0) is 25.7 Å². The van der Waals surface area contributed by atoms with Gasteiger partial charge in [-0.1, -0.05) is 233 Å². The predicted octanol–water partition coefficient (Wildman–Crippen LogP) is 18.0. The summed E-state index contributed by atoms with van der Waals surface area (Å²) in [7, 11) is 0. The third-order valence-corrected chi connectivity index (χ3v) is 14.6. The van der Waals surface area contributed by atoms with Gasteiger partial charge in [0.2, 0.25) is 0 Å². The van der Waals surface area contributed by atoms with E-state index in [9.17, 15) is 39.6 Å². The highest BCUT2D eigenvalue weighted by Crippen LogP contribution is 2.37. The van der Waals surface area contributed by atoms with Gasteiger partial charge in [-0.2, -0.15) is 0 Å². The minimum Gasteiger partial charge on any atom is -0.478 e. The molecule has 0 spiro atoms. The van der Waals surface area contributed by atoms with Gasteiger partial charge in [-0.3, -0.25) is 4.79 Å². The zero-order valence-electron chi connectivity index (χ0n) is 44.8. The summed E-state index contributed by atoms with van der Waals surface area (Å²) in [6, 6.07) is 2.63. The van der Waals surface area contributed by atoms with Gasteiger partial charge >= 0.3 is 23.9 Å². The van der Waals surface area contributed by atoms with Gasteiger partial charge < -0.3 is 20.4 Å². The highest BCUT2D eigenvalue weighted by Gasteiger charge is 2.35. The van der Waals surface area contributed by atoms with Crippen LogP contribution in [0.25, 0.3) is 0 Å². The standard InChI is InChI=1S/C61H98O9/c1-5-9-13-17-21-25-29-33-37-41-47-48(42-38-34-30-26-22-18-14-10-6-2)55(60(67)68)56(61(69)70)51(44-40-36-32-28-24-20-16-12-8-4)53(47)57(62)50-45-46-52(58(63)64)54(59(65)66)49(50)43-39-35-31-27-23-19-15-11-7-3/h45-46H,5-44H2,1-4H3,(H,63,64)(H,65,66)(H,67,68)(H,69,70). The van der Waals surface area contributed by atoms with Gasteiger partial charge in [0.1, 0.15) is 0 Å². The molecule has 0 bridgehead atoms. The van der Waals surface area contributed by atoms with Gasteiger partial charge in [0.25, 0.3) is 0 Å². The first-order valence-electron chi connectivity index (χ1n) is 28.8. The molecule has 0 atom stereocenters. The lowest BCUT2D eigenvalue weighted by molar-refractivity contribution is 0.0649. The minimum absolute atomic E-state index is 0.0667. The van der Waals surface area contributed by atoms with Gasteiger partial charge in [-0.05, 0) is 85.8 Å². The van der Waals surface area contributed by atoms with Gasteiger partial charge in [-0.25, -0.2) is 19.2 Å². The number of aromatic carboxylic acids is 4. The first kappa shape index (κ1) is 62.1. The average molecular weight is 975 g/mol. The van der Waals surface area contributed by atoms with Gasteiger partial charge in [0, 0.05) is 11.1 Å². The zero-order chi connectivity index (χ0) is 51.4. The van der Waals surface area contributed by atoms with Crippen LogP contribution in [-0.4, -0.2) is 50.1 Å². The van der Waals surface area contributed by atoms with E-state index >= 15 is 4.79 Å². The van der Waals surface area contributed by atoms with Crippen LogP contribution in [0.5, 0.6) is 0 Å². The number of carboxylic acid groups (broad SMARTS) is 4. The lowest BCUT2D eigenvalue weighted by Crippen LogP contribution is -2.24. The molecule has 0 unspecified atom stereocenters. The van der Waals surface area contributed by atoms with Crippen molar-refractivity contribution in [2.24, 2.45) is 0 Å². The Balaban J connectivity index is 2.84. The molecule has 396 valence electrons. The van der Waals surface area contributed by atoms with Gasteiger partial charge in [-0.15, -0.1) is 0 Å². The summed E-state index contributed by atoms with van der Waals surface area (Å²) < 4.78 is 0. The topological polar surface area (TPSA) is 166 Å². The zero-order valence-corrected chi connectivity index (χ0v) is 44.8. The summed E-state index contributed by atoms with van der Waals surface area (Å²) in [5, 5.41) is 43.1. The summed E-state index contributed by atoms with van der Waals surface area (Å²) in [6.45, 7) is 8.79. The molecule has 0 amide bonds. The first-order chi connectivity index (χ1) is 34.0. The first-order valence-corrected chi connectivity index (χ1v) is 28.8. The summed E-state index contributed by atoms with van der Waals surface area (Å²) >= 11 is 0. The van der Waals surface area contributed by atoms with Crippen LogP contribution in [0.2, 0.25) is 0 Å². The number of rotatable bonds is 46. The molecule has 0 saturated carbocycles. The SMILES string of the molecule is CCCCCCCCCCCc1c(C(=O)c2c(CCCCCCCCCCC)c(CCCCCCCCCCC)c(C(=O)O)c(C(=O)O)c2CCCCCCCCCCC)ccc(C(=O)O)c1C(=O)O. The fourth-order valence-electron chi connectivity index (χ4n) is 10.6. The second-order valence-corrected chi connectivity index (χ2v) is 20.4. The molecule has 9 heteroatoms. The molecule has 0 aliphatic heterocycles. The Hall–Kier alpha value is -4.01. The second-order valence-electron chi connectivity index (χ2n) is 20.4. The van der Waals surface area contributed by atoms with Crippen molar-refractivity contribution in [3.05, 3.63) is 67.8 Å². The third-order valence-electron chi connectivity index (χ3n) is 14.6. The summed E-state index contributed by atoms with van der Waals surface area (Å²) in [6.07, 6.45) is 38.5. The fourth-order valence-corrected chi connectivity index (χ4v) is 10.6. The highest BCUT2D eigenvalue weighted by atomic mass is 16.4. The number of carbonyl (C=O) groups is 5. The number of unbranched alkanes of at least 4 members (excludes halogenated alkanes) is 32. The number of hydrogen-bond donors (Lipinski definition) is 4. The van der Waals surface area contributed by atoms with Crippen molar-refractivity contribution in [3.63, 3.8) is 0 Å². The third kappa shape index (κ3) is 23.0. The van der Waals surface area contributed by atoms with E-state index in [1.807, 2.05) is 0 Å². The quantitative estimate of drug-likeness (QED) is 0.0373. The Morgan fingerprint density at radius 2 is 0.514 bits per heavy atom. The van der Waals surface area contributed by atoms with E-state index in [0.717, 1.165) is 103 Å².